The molecule has 1 aromatic rings. The summed E-state index contributed by atoms with van der Waals surface area (Å²) in [5.41, 5.74) is 1.87. The Bertz CT molecular complexity index is 1420. The molecule has 0 radical (unpaired) electrons. The van der Waals surface area contributed by atoms with Crippen molar-refractivity contribution in [2.45, 2.75) is 168 Å². The second-order valence-corrected chi connectivity index (χ2v) is 17.0. The van der Waals surface area contributed by atoms with Gasteiger partial charge in [0.2, 0.25) is 5.91 Å². The van der Waals surface area contributed by atoms with Crippen LogP contribution in [-0.4, -0.2) is 71.1 Å². The number of aliphatic imine (C=N–C) groups is 1. The molecule has 10 heteroatoms. The number of nitrogens with zero attached hydrogens (tertiary/aromatic N) is 2. The molecule has 3 unspecified atom stereocenters. The quantitative estimate of drug-likeness (QED) is 0.146. The van der Waals surface area contributed by atoms with Crippen molar-refractivity contribution in [3.05, 3.63) is 18.2 Å². The first-order valence-corrected chi connectivity index (χ1v) is 20.4. The topological polar surface area (TPSA) is 130 Å². The van der Waals surface area contributed by atoms with E-state index in [1.807, 2.05) is 32.0 Å². The highest BCUT2D eigenvalue weighted by Gasteiger charge is 2.45. The number of hydrogen-bond acceptors (Lipinski definition) is 8. The Labute approximate surface area is 312 Å². The molecule has 2 amide bonds. The summed E-state index contributed by atoms with van der Waals surface area (Å²) >= 11 is 0. The first kappa shape index (κ1) is 40.1. The van der Waals surface area contributed by atoms with Gasteiger partial charge in [0.1, 0.15) is 17.4 Å². The number of methoxy groups -OCH3 is 1. The number of amides is 2. The number of benzene rings is 1. The smallest absolute Gasteiger partial charge is 0.408 e. The molecule has 2 saturated carbocycles. The highest BCUT2D eigenvalue weighted by atomic mass is 16.6. The number of carbonyl (C=O) groups is 3. The average molecular weight is 723 g/mol. The minimum absolute atomic E-state index is 0.116. The Balaban J connectivity index is 1.17. The third kappa shape index (κ3) is 9.69. The van der Waals surface area contributed by atoms with Crippen LogP contribution in [0.4, 0.5) is 16.2 Å². The Morgan fingerprint density at radius 2 is 1.83 bits per heavy atom. The van der Waals surface area contributed by atoms with Gasteiger partial charge >= 0.3 is 6.09 Å². The number of nitrogens with one attached hydrogen (secondary N) is 2. The van der Waals surface area contributed by atoms with Crippen LogP contribution < -0.4 is 15.4 Å². The number of ether oxygens (including phenoxy) is 2. The van der Waals surface area contributed by atoms with Crippen LogP contribution in [0, 0.1) is 23.2 Å². The fourth-order valence-corrected chi connectivity index (χ4v) is 9.41. The first-order chi connectivity index (χ1) is 24.9. The molecule has 2 aliphatic heterocycles. The number of ketones is 1. The van der Waals surface area contributed by atoms with Gasteiger partial charge in [-0.05, 0) is 107 Å². The normalized spacial score (nSPS) is 27.4. The number of carbonyl (C=O) groups excluding carboxylic acids is 3. The van der Waals surface area contributed by atoms with Gasteiger partial charge < -0.3 is 30.1 Å². The van der Waals surface area contributed by atoms with Gasteiger partial charge in [0, 0.05) is 18.5 Å². The van der Waals surface area contributed by atoms with E-state index < -0.39 is 30.0 Å². The van der Waals surface area contributed by atoms with Crippen LogP contribution in [0.25, 0.3) is 0 Å². The molecule has 6 atom stereocenters. The number of fused-ring (bicyclic) bond motifs is 1. The molecule has 290 valence electrons. The number of likely N-dealkylation sites (tertiary alicyclic amines) is 1. The second kappa shape index (κ2) is 17.8. The highest BCUT2D eigenvalue weighted by Crippen LogP contribution is 2.43. The minimum atomic E-state index is -0.814. The number of unbranched alkanes of at least 4 members (excludes halogenated alkanes) is 2. The lowest BCUT2D eigenvalue weighted by atomic mass is 9.72. The van der Waals surface area contributed by atoms with Crippen LogP contribution >= 0.6 is 0 Å². The van der Waals surface area contributed by atoms with Gasteiger partial charge in [-0.25, -0.2) is 4.79 Å². The fourth-order valence-electron chi connectivity index (χ4n) is 9.41. The molecule has 52 heavy (non-hydrogen) atoms. The van der Waals surface area contributed by atoms with Crippen LogP contribution in [0.2, 0.25) is 0 Å². The van der Waals surface area contributed by atoms with Crippen molar-refractivity contribution in [3.8, 4) is 5.75 Å². The number of anilines is 1. The second-order valence-electron chi connectivity index (χ2n) is 17.0. The van der Waals surface area contributed by atoms with E-state index in [2.05, 4.69) is 31.4 Å². The van der Waals surface area contributed by atoms with Gasteiger partial charge in [-0.3, -0.25) is 14.6 Å². The maximum Gasteiger partial charge on any atom is 0.408 e. The number of rotatable bonds is 16. The van der Waals surface area contributed by atoms with Crippen LogP contribution in [0.15, 0.2) is 23.2 Å². The van der Waals surface area contributed by atoms with Gasteiger partial charge in [-0.1, -0.05) is 66.2 Å². The molecule has 0 spiro atoms. The largest absolute Gasteiger partial charge is 0.497 e. The molecule has 0 bridgehead atoms. The zero-order chi connectivity index (χ0) is 37.5. The lowest BCUT2D eigenvalue weighted by molar-refractivity contribution is -0.141. The number of alkyl carbamates (subject to hydrolysis) is 1. The molecule has 0 aromatic heterocycles. The zero-order valence-corrected chi connectivity index (χ0v) is 32.8. The predicted octanol–water partition coefficient (Wildman–Crippen LogP) is 8.72. The molecule has 3 N–H and O–H groups in total. The zero-order valence-electron chi connectivity index (χ0n) is 32.8. The van der Waals surface area contributed by atoms with Crippen molar-refractivity contribution < 1.29 is 29.0 Å². The number of aliphatic hydroxyl groups excluding tert-OH is 1. The van der Waals surface area contributed by atoms with E-state index in [4.69, 9.17) is 14.5 Å². The fraction of sp³-hybridized carbons (Fsp3) is 0.762. The minimum Gasteiger partial charge on any atom is -0.497 e. The maximum absolute atomic E-state index is 14.3. The van der Waals surface area contributed by atoms with E-state index in [1.54, 1.807) is 12.0 Å². The Morgan fingerprint density at radius 1 is 1.06 bits per heavy atom. The van der Waals surface area contributed by atoms with Crippen molar-refractivity contribution in [1.82, 2.24) is 10.2 Å². The van der Waals surface area contributed by atoms with Gasteiger partial charge in [0.05, 0.1) is 30.2 Å². The molecule has 2 heterocycles. The summed E-state index contributed by atoms with van der Waals surface area (Å²) in [5, 5.41) is 16.8. The summed E-state index contributed by atoms with van der Waals surface area (Å²) in [7, 11) is 1.62. The summed E-state index contributed by atoms with van der Waals surface area (Å²) < 4.78 is 11.6. The lowest BCUT2D eigenvalue weighted by Gasteiger charge is -2.37. The standard InChI is InChI=1S/C42H66N4O6/c1-7-29-21-26-46(36(29)37(47)28(2)3)39(49)34(20-25-41(4)22-12-9-13-23-41)45-40(50)52-42(5)24-14-16-30(42)15-10-8-11-17-33-38(48)44-35-27-31(51-6)18-19-32(35)43-33/h18-19,27-30,34,36,38,44,48H,7-17,20-26H2,1-6H3,(H,45,50)/t29-,30-,34?,36+,38?,42?/m1/s1. The van der Waals surface area contributed by atoms with Crippen molar-refractivity contribution in [2.75, 3.05) is 19.0 Å². The summed E-state index contributed by atoms with van der Waals surface area (Å²) in [5.74, 6) is 0.938. The molecular formula is C42H66N4O6. The molecule has 3 fully saturated rings. The van der Waals surface area contributed by atoms with E-state index in [0.717, 1.165) is 99.9 Å². The van der Waals surface area contributed by atoms with E-state index in [1.165, 1.54) is 19.3 Å². The Hall–Kier alpha value is -3.14. The maximum atomic E-state index is 14.3. The van der Waals surface area contributed by atoms with E-state index in [-0.39, 0.29) is 34.9 Å². The molecule has 10 nitrogen and oxygen atoms in total. The molecule has 1 saturated heterocycles. The van der Waals surface area contributed by atoms with Crippen molar-refractivity contribution >= 4 is 34.9 Å². The Kier molecular flexibility index (Phi) is 13.7. The molecular weight excluding hydrogens is 656 g/mol. The molecule has 5 rings (SSSR count). The summed E-state index contributed by atoms with van der Waals surface area (Å²) in [6, 6.07) is 4.48. The van der Waals surface area contributed by atoms with Crippen molar-refractivity contribution in [3.63, 3.8) is 0 Å². The number of aliphatic hydroxyl groups is 1. The molecule has 4 aliphatic rings. The SMILES string of the molecule is CC[C@@H]1CCN(C(=O)C(CCC2(C)CCCCC2)NC(=O)OC2(C)CCC[C@H]2CCCCCC2=Nc3ccc(OC)cc3NC2O)[C@@H]1C(=O)C(C)C. The Morgan fingerprint density at radius 3 is 2.54 bits per heavy atom. The van der Waals surface area contributed by atoms with Gasteiger partial charge in [0.25, 0.3) is 0 Å². The third-order valence-corrected chi connectivity index (χ3v) is 12.9. The van der Waals surface area contributed by atoms with Crippen LogP contribution in [0.5, 0.6) is 5.75 Å². The molecule has 2 aliphatic carbocycles. The average Bonchev–Trinajstić information content (AvgIpc) is 3.72. The van der Waals surface area contributed by atoms with E-state index in [9.17, 15) is 19.5 Å². The summed E-state index contributed by atoms with van der Waals surface area (Å²) in [6.45, 7) is 10.9. The number of hydrogen-bond donors (Lipinski definition) is 3. The monoisotopic (exact) mass is 722 g/mol. The van der Waals surface area contributed by atoms with Gasteiger partial charge in [0.15, 0.2) is 12.0 Å². The van der Waals surface area contributed by atoms with Crippen molar-refractivity contribution in [1.29, 1.82) is 0 Å². The first-order valence-electron chi connectivity index (χ1n) is 20.4. The third-order valence-electron chi connectivity index (χ3n) is 12.9. The van der Waals surface area contributed by atoms with E-state index >= 15 is 0 Å². The summed E-state index contributed by atoms with van der Waals surface area (Å²) in [6.07, 6.45) is 15.0. The van der Waals surface area contributed by atoms with Crippen LogP contribution in [0.3, 0.4) is 0 Å². The van der Waals surface area contributed by atoms with Crippen molar-refractivity contribution in [2.24, 2.45) is 28.2 Å². The lowest BCUT2D eigenvalue weighted by Crippen LogP contribution is -2.54. The van der Waals surface area contributed by atoms with Crippen LogP contribution in [0.1, 0.15) is 144 Å². The van der Waals surface area contributed by atoms with Gasteiger partial charge in [-0.2, -0.15) is 0 Å². The summed E-state index contributed by atoms with van der Waals surface area (Å²) in [4.78, 5) is 48.0. The highest BCUT2D eigenvalue weighted by molar-refractivity contribution is 5.97. The predicted molar refractivity (Wildman–Crippen MR) is 206 cm³/mol. The van der Waals surface area contributed by atoms with E-state index in [0.29, 0.717) is 19.4 Å². The van der Waals surface area contributed by atoms with Crippen LogP contribution in [-0.2, 0) is 14.3 Å². The van der Waals surface area contributed by atoms with Gasteiger partial charge in [-0.15, -0.1) is 0 Å². The molecule has 1 aromatic carbocycles. The number of Topliss-reactive ketones (excluding diaryl/α,β-unsaturated/α-hetero) is 1.